The Balaban J connectivity index is 1.98. The van der Waals surface area contributed by atoms with E-state index < -0.39 is 10.8 Å². The fourth-order valence-electron chi connectivity index (χ4n) is 1.59. The average Bonchev–Trinajstić information content (AvgIpc) is 2.71. The summed E-state index contributed by atoms with van der Waals surface area (Å²) >= 11 is 5.60. The quantitative estimate of drug-likeness (QED) is 0.863. The van der Waals surface area contributed by atoms with Crippen LogP contribution in [0.5, 0.6) is 0 Å². The van der Waals surface area contributed by atoms with E-state index in [2.05, 4.69) is 15.5 Å². The molecule has 0 aromatic carbocycles. The zero-order valence-corrected chi connectivity index (χ0v) is 9.72. The summed E-state index contributed by atoms with van der Waals surface area (Å²) in [6.45, 7) is 1.02. The molecule has 4 nitrogen and oxygen atoms in total. The van der Waals surface area contributed by atoms with Crippen molar-refractivity contribution in [3.8, 4) is 0 Å². The van der Waals surface area contributed by atoms with Crippen LogP contribution in [-0.2, 0) is 10.8 Å². The standard InChI is InChI=1S/C9H12ClN3OS/c10-8-3-4-9(13-12-8)15(14)6-7-2-1-5-11-7/h3-4,7,11H,1-2,5-6H2/t7-,15-/m0/s1. The zero-order valence-electron chi connectivity index (χ0n) is 8.15. The fourth-order valence-corrected chi connectivity index (χ4v) is 2.87. The summed E-state index contributed by atoms with van der Waals surface area (Å²) in [4.78, 5) is 0. The Morgan fingerprint density at radius 1 is 1.53 bits per heavy atom. The lowest BCUT2D eigenvalue weighted by Gasteiger charge is -2.08. The summed E-state index contributed by atoms with van der Waals surface area (Å²) in [7, 11) is -1.08. The Bertz CT molecular complexity index is 351. The summed E-state index contributed by atoms with van der Waals surface area (Å²) in [5, 5.41) is 11.6. The number of halogens is 1. The first-order chi connectivity index (χ1) is 7.25. The van der Waals surface area contributed by atoms with Gasteiger partial charge >= 0.3 is 0 Å². The summed E-state index contributed by atoms with van der Waals surface area (Å²) in [6, 6.07) is 3.63. The minimum absolute atomic E-state index is 0.328. The first-order valence-corrected chi connectivity index (χ1v) is 6.56. The van der Waals surface area contributed by atoms with Crippen LogP contribution in [0.1, 0.15) is 12.8 Å². The number of nitrogens with zero attached hydrogens (tertiary/aromatic N) is 2. The highest BCUT2D eigenvalue weighted by molar-refractivity contribution is 7.85. The van der Waals surface area contributed by atoms with Gasteiger partial charge in [0.2, 0.25) is 0 Å². The molecule has 1 aliphatic rings. The molecule has 2 atom stereocenters. The lowest BCUT2D eigenvalue weighted by molar-refractivity contribution is 0.640. The predicted molar refractivity (Wildman–Crippen MR) is 59.3 cm³/mol. The highest BCUT2D eigenvalue weighted by Gasteiger charge is 2.18. The van der Waals surface area contributed by atoms with Crippen LogP contribution in [0.3, 0.4) is 0 Å². The van der Waals surface area contributed by atoms with Crippen LogP contribution in [0.4, 0.5) is 0 Å². The molecule has 0 radical (unpaired) electrons. The minimum Gasteiger partial charge on any atom is -0.313 e. The van der Waals surface area contributed by atoms with Gasteiger partial charge in [0.05, 0.1) is 10.8 Å². The van der Waals surface area contributed by atoms with Crippen molar-refractivity contribution in [3.05, 3.63) is 17.3 Å². The molecule has 1 aromatic rings. The Morgan fingerprint density at radius 3 is 3.00 bits per heavy atom. The van der Waals surface area contributed by atoms with E-state index in [1.807, 2.05) is 0 Å². The van der Waals surface area contributed by atoms with Gasteiger partial charge in [0.25, 0.3) is 0 Å². The lowest BCUT2D eigenvalue weighted by Crippen LogP contribution is -2.27. The maximum absolute atomic E-state index is 11.8. The third-order valence-corrected chi connectivity index (χ3v) is 3.95. The molecule has 0 spiro atoms. The van der Waals surface area contributed by atoms with E-state index in [1.165, 1.54) is 0 Å². The van der Waals surface area contributed by atoms with Gasteiger partial charge in [0.1, 0.15) is 5.03 Å². The van der Waals surface area contributed by atoms with Gasteiger partial charge in [-0.1, -0.05) is 11.6 Å². The van der Waals surface area contributed by atoms with Crippen LogP contribution in [0, 0.1) is 0 Å². The molecule has 0 aliphatic carbocycles. The molecule has 82 valence electrons. The second-order valence-electron chi connectivity index (χ2n) is 3.50. The molecule has 0 saturated carbocycles. The molecule has 0 amide bonds. The van der Waals surface area contributed by atoms with Crippen molar-refractivity contribution in [2.45, 2.75) is 23.9 Å². The molecule has 6 heteroatoms. The monoisotopic (exact) mass is 245 g/mol. The van der Waals surface area contributed by atoms with E-state index in [0.29, 0.717) is 22.0 Å². The summed E-state index contributed by atoms with van der Waals surface area (Å²) in [6.07, 6.45) is 2.25. The van der Waals surface area contributed by atoms with Crippen molar-refractivity contribution in [1.82, 2.24) is 15.5 Å². The normalized spacial score (nSPS) is 22.9. The van der Waals surface area contributed by atoms with Gasteiger partial charge in [-0.05, 0) is 31.5 Å². The first kappa shape index (κ1) is 11.0. The molecule has 2 heterocycles. The Kier molecular flexibility index (Phi) is 3.66. The smallest absolute Gasteiger partial charge is 0.151 e. The summed E-state index contributed by atoms with van der Waals surface area (Å²) in [5.74, 6) is 0.607. The van der Waals surface area contributed by atoms with E-state index in [1.54, 1.807) is 12.1 Å². The van der Waals surface area contributed by atoms with Crippen molar-refractivity contribution in [2.75, 3.05) is 12.3 Å². The SMILES string of the molecule is O=[S@@](C[C@@H]1CCCN1)c1ccc(Cl)nn1. The second-order valence-corrected chi connectivity index (χ2v) is 5.33. The van der Waals surface area contributed by atoms with Crippen molar-refractivity contribution >= 4 is 22.4 Å². The van der Waals surface area contributed by atoms with Crippen LogP contribution >= 0.6 is 11.6 Å². The summed E-state index contributed by atoms with van der Waals surface area (Å²) in [5.41, 5.74) is 0. The molecule has 0 unspecified atom stereocenters. The van der Waals surface area contributed by atoms with E-state index in [9.17, 15) is 4.21 Å². The Morgan fingerprint density at radius 2 is 2.40 bits per heavy atom. The first-order valence-electron chi connectivity index (χ1n) is 4.87. The van der Waals surface area contributed by atoms with Gasteiger partial charge < -0.3 is 5.32 Å². The molecule has 1 saturated heterocycles. The molecule has 1 fully saturated rings. The average molecular weight is 246 g/mol. The highest BCUT2D eigenvalue weighted by atomic mass is 35.5. The van der Waals surface area contributed by atoms with Crippen LogP contribution in [0.2, 0.25) is 5.15 Å². The number of nitrogens with one attached hydrogen (secondary N) is 1. The van der Waals surface area contributed by atoms with Crippen LogP contribution < -0.4 is 5.32 Å². The number of hydrogen-bond acceptors (Lipinski definition) is 4. The van der Waals surface area contributed by atoms with Crippen LogP contribution in [0.25, 0.3) is 0 Å². The number of hydrogen-bond donors (Lipinski definition) is 1. The molecule has 1 aliphatic heterocycles. The van der Waals surface area contributed by atoms with Crippen LogP contribution in [-0.4, -0.2) is 32.7 Å². The predicted octanol–water partition coefficient (Wildman–Crippen LogP) is 0.990. The van der Waals surface area contributed by atoms with Gasteiger partial charge in [-0.15, -0.1) is 10.2 Å². The van der Waals surface area contributed by atoms with Gasteiger partial charge in [-0.25, -0.2) is 0 Å². The molecular weight excluding hydrogens is 234 g/mol. The van der Waals surface area contributed by atoms with E-state index in [-0.39, 0.29) is 0 Å². The molecule has 0 bridgehead atoms. The number of rotatable bonds is 3. The van der Waals surface area contributed by atoms with Crippen molar-refractivity contribution in [2.24, 2.45) is 0 Å². The Labute approximate surface area is 95.9 Å². The van der Waals surface area contributed by atoms with E-state index in [4.69, 9.17) is 11.6 Å². The third-order valence-electron chi connectivity index (χ3n) is 2.36. The van der Waals surface area contributed by atoms with Crippen molar-refractivity contribution in [3.63, 3.8) is 0 Å². The third kappa shape index (κ3) is 2.96. The van der Waals surface area contributed by atoms with Crippen molar-refractivity contribution in [1.29, 1.82) is 0 Å². The topological polar surface area (TPSA) is 54.9 Å². The Hall–Kier alpha value is -0.520. The van der Waals surface area contributed by atoms with Gasteiger partial charge in [-0.2, -0.15) is 0 Å². The zero-order chi connectivity index (χ0) is 10.7. The molecular formula is C9H12ClN3OS. The molecule has 1 N–H and O–H groups in total. The molecule has 2 rings (SSSR count). The fraction of sp³-hybridized carbons (Fsp3) is 0.556. The highest BCUT2D eigenvalue weighted by Crippen LogP contribution is 2.11. The van der Waals surface area contributed by atoms with Gasteiger partial charge in [0.15, 0.2) is 5.15 Å². The second kappa shape index (κ2) is 5.01. The summed E-state index contributed by atoms with van der Waals surface area (Å²) < 4.78 is 11.8. The van der Waals surface area contributed by atoms with Gasteiger partial charge in [-0.3, -0.25) is 4.21 Å². The van der Waals surface area contributed by atoms with Crippen LogP contribution in [0.15, 0.2) is 17.2 Å². The van der Waals surface area contributed by atoms with E-state index in [0.717, 1.165) is 19.4 Å². The van der Waals surface area contributed by atoms with Gasteiger partial charge in [0, 0.05) is 11.8 Å². The maximum Gasteiger partial charge on any atom is 0.151 e. The molecule has 1 aromatic heterocycles. The number of aromatic nitrogens is 2. The van der Waals surface area contributed by atoms with E-state index >= 15 is 0 Å². The maximum atomic E-state index is 11.8. The molecule has 15 heavy (non-hydrogen) atoms. The lowest BCUT2D eigenvalue weighted by atomic mass is 10.3. The largest absolute Gasteiger partial charge is 0.313 e. The van der Waals surface area contributed by atoms with Crippen molar-refractivity contribution < 1.29 is 4.21 Å². The minimum atomic E-state index is -1.08.